The van der Waals surface area contributed by atoms with Gasteiger partial charge in [-0.1, -0.05) is 23.6 Å². The van der Waals surface area contributed by atoms with Gasteiger partial charge in [0.25, 0.3) is 0 Å². The monoisotopic (exact) mass is 405 g/mol. The minimum absolute atomic E-state index is 0. The number of ether oxygens (including phenoxy) is 1. The molecule has 0 aromatic carbocycles. The third kappa shape index (κ3) is 2.89. The molecule has 0 heterocycles. The molecule has 0 aromatic heterocycles. The van der Waals surface area contributed by atoms with Crippen molar-refractivity contribution in [1.29, 1.82) is 0 Å². The second-order valence-electron chi connectivity index (χ2n) is 9.08. The van der Waals surface area contributed by atoms with Crippen LogP contribution >= 0.6 is 12.4 Å². The highest BCUT2D eigenvalue weighted by atomic mass is 35.5. The van der Waals surface area contributed by atoms with E-state index in [1.54, 1.807) is 0 Å². The fourth-order valence-corrected chi connectivity index (χ4v) is 7.45. The highest BCUT2D eigenvalue weighted by Crippen LogP contribution is 2.67. The van der Waals surface area contributed by atoms with Crippen LogP contribution in [0.15, 0.2) is 16.8 Å². The number of hydrogen-bond acceptors (Lipinski definition) is 4. The highest BCUT2D eigenvalue weighted by Gasteiger charge is 2.65. The number of hydrogen-bond donors (Lipinski definition) is 1. The second-order valence-corrected chi connectivity index (χ2v) is 9.08. The van der Waals surface area contributed by atoms with Gasteiger partial charge in [0.1, 0.15) is 0 Å². The lowest BCUT2D eigenvalue weighted by atomic mass is 9.49. The number of halogens is 1. The molecule has 3 saturated carbocycles. The molecule has 4 rings (SSSR count). The van der Waals surface area contributed by atoms with E-state index < -0.39 is 5.60 Å². The predicted molar refractivity (Wildman–Crippen MR) is 112 cm³/mol. The number of allylic oxidation sites excluding steroid dienone is 2. The van der Waals surface area contributed by atoms with E-state index >= 15 is 0 Å². The van der Waals surface area contributed by atoms with Gasteiger partial charge in [-0.25, -0.2) is 0 Å². The first-order chi connectivity index (χ1) is 13.0. The van der Waals surface area contributed by atoms with E-state index in [2.05, 4.69) is 24.1 Å². The van der Waals surface area contributed by atoms with Crippen molar-refractivity contribution in [2.75, 3.05) is 0 Å². The van der Waals surface area contributed by atoms with Gasteiger partial charge < -0.3 is 9.94 Å². The first-order valence-corrected chi connectivity index (χ1v) is 10.6. The van der Waals surface area contributed by atoms with Crippen molar-refractivity contribution < 1.29 is 14.7 Å². The Hall–Kier alpha value is -1.47. The first-order valence-electron chi connectivity index (χ1n) is 10.6. The molecule has 0 saturated heterocycles. The van der Waals surface area contributed by atoms with Gasteiger partial charge in [0.05, 0.1) is 5.71 Å². The molecule has 0 spiro atoms. The molecule has 28 heavy (non-hydrogen) atoms. The summed E-state index contributed by atoms with van der Waals surface area (Å²) in [6, 6.07) is 0. The minimum atomic E-state index is -0.720. The smallest absolute Gasteiger partial charge is 0.304 e. The van der Waals surface area contributed by atoms with Gasteiger partial charge in [0.15, 0.2) is 5.60 Å². The van der Waals surface area contributed by atoms with Crippen LogP contribution in [0, 0.1) is 41.4 Å². The van der Waals surface area contributed by atoms with Gasteiger partial charge in [0, 0.05) is 12.3 Å². The topological polar surface area (TPSA) is 58.9 Å². The molecule has 4 aliphatic rings. The van der Waals surface area contributed by atoms with E-state index in [4.69, 9.17) is 16.4 Å². The summed E-state index contributed by atoms with van der Waals surface area (Å²) in [6.07, 6.45) is 17.5. The van der Waals surface area contributed by atoms with Crippen LogP contribution in [0.1, 0.15) is 71.6 Å². The number of carbonyl (C=O) groups is 1. The molecule has 5 heteroatoms. The SMILES string of the molecule is C#C[C@]1(OC(C)=O)CC[C@H]2[C@@H]3CCC4=C/C(=N/O)CC[C@@H]4[C@H]3CC[C@@]21CC.Cl. The van der Waals surface area contributed by atoms with Gasteiger partial charge in [0.2, 0.25) is 0 Å². The summed E-state index contributed by atoms with van der Waals surface area (Å²) >= 11 is 0. The van der Waals surface area contributed by atoms with Crippen LogP contribution in [0.5, 0.6) is 0 Å². The van der Waals surface area contributed by atoms with Crippen molar-refractivity contribution in [3.63, 3.8) is 0 Å². The number of esters is 1. The Morgan fingerprint density at radius 2 is 2.07 bits per heavy atom. The summed E-state index contributed by atoms with van der Waals surface area (Å²) in [4.78, 5) is 11.9. The van der Waals surface area contributed by atoms with E-state index in [0.717, 1.165) is 57.1 Å². The molecule has 0 amide bonds. The van der Waals surface area contributed by atoms with Gasteiger partial charge in [-0.05, 0) is 87.5 Å². The van der Waals surface area contributed by atoms with E-state index in [0.29, 0.717) is 23.7 Å². The minimum Gasteiger partial charge on any atom is -0.445 e. The van der Waals surface area contributed by atoms with Crippen molar-refractivity contribution in [1.82, 2.24) is 0 Å². The van der Waals surface area contributed by atoms with E-state index in [9.17, 15) is 4.79 Å². The van der Waals surface area contributed by atoms with Gasteiger partial charge in [-0.2, -0.15) is 0 Å². The summed E-state index contributed by atoms with van der Waals surface area (Å²) in [5.41, 5.74) is 1.53. The van der Waals surface area contributed by atoms with Crippen molar-refractivity contribution >= 4 is 24.1 Å². The molecule has 0 bridgehead atoms. The van der Waals surface area contributed by atoms with Crippen LogP contribution in [0.2, 0.25) is 0 Å². The number of rotatable bonds is 2. The summed E-state index contributed by atoms with van der Waals surface area (Å²) in [5.74, 6) is 5.25. The largest absolute Gasteiger partial charge is 0.445 e. The van der Waals surface area contributed by atoms with Crippen LogP contribution in [0.3, 0.4) is 0 Å². The Kier molecular flexibility index (Phi) is 5.88. The standard InChI is InChI=1S/C23H31NO3.ClH/c1-4-22-12-10-19-18-9-7-17(24-26)14-16(18)6-8-20(19)21(22)11-13-23(22,5-2)27-15(3)25;/h2,14,18-21,26H,4,6-13H2,1,3H3;1H/b24-17+;/t18-,19+,20+,21-,22-,23-;/m0./s1. The van der Waals surface area contributed by atoms with Crippen molar-refractivity contribution in [3.05, 3.63) is 11.6 Å². The van der Waals surface area contributed by atoms with Crippen LogP contribution in [0.25, 0.3) is 0 Å². The Morgan fingerprint density at radius 3 is 2.71 bits per heavy atom. The van der Waals surface area contributed by atoms with Crippen LogP contribution in [-0.2, 0) is 9.53 Å². The predicted octanol–water partition coefficient (Wildman–Crippen LogP) is 5.14. The quantitative estimate of drug-likeness (QED) is 0.299. The summed E-state index contributed by atoms with van der Waals surface area (Å²) in [7, 11) is 0. The number of nitrogens with zero attached hydrogens (tertiary/aromatic N) is 1. The van der Waals surface area contributed by atoms with E-state index in [1.165, 1.54) is 18.9 Å². The first kappa shape index (κ1) is 21.2. The molecule has 0 unspecified atom stereocenters. The van der Waals surface area contributed by atoms with Crippen molar-refractivity contribution in [3.8, 4) is 12.3 Å². The van der Waals surface area contributed by atoms with Crippen molar-refractivity contribution in [2.24, 2.45) is 34.2 Å². The molecular formula is C23H32ClNO3. The summed E-state index contributed by atoms with van der Waals surface area (Å²) < 4.78 is 5.90. The lowest BCUT2D eigenvalue weighted by Crippen LogP contribution is -2.55. The van der Waals surface area contributed by atoms with Crippen molar-refractivity contribution in [2.45, 2.75) is 77.2 Å². The average molecular weight is 406 g/mol. The lowest BCUT2D eigenvalue weighted by molar-refractivity contribution is -0.170. The molecule has 0 aromatic rings. The highest BCUT2D eigenvalue weighted by molar-refractivity contribution is 5.96. The fraction of sp³-hybridized carbons (Fsp3) is 0.739. The Balaban J connectivity index is 0.00000225. The lowest BCUT2D eigenvalue weighted by Gasteiger charge is -2.56. The number of terminal acetylenes is 1. The second kappa shape index (κ2) is 7.75. The number of fused-ring (bicyclic) bond motifs is 5. The zero-order valence-corrected chi connectivity index (χ0v) is 17.8. The summed E-state index contributed by atoms with van der Waals surface area (Å²) in [6.45, 7) is 3.72. The maximum Gasteiger partial charge on any atom is 0.304 e. The van der Waals surface area contributed by atoms with E-state index in [1.807, 2.05) is 0 Å². The third-order valence-corrected chi connectivity index (χ3v) is 8.45. The maximum atomic E-state index is 11.9. The molecule has 0 aliphatic heterocycles. The number of carbonyl (C=O) groups excluding carboxylic acids is 1. The third-order valence-electron chi connectivity index (χ3n) is 8.45. The summed E-state index contributed by atoms with van der Waals surface area (Å²) in [5, 5.41) is 12.6. The fourth-order valence-electron chi connectivity index (χ4n) is 7.45. The molecule has 6 atom stereocenters. The van der Waals surface area contributed by atoms with Crippen LogP contribution in [-0.4, -0.2) is 22.5 Å². The molecule has 154 valence electrons. The number of oxime groups is 1. The Bertz CT molecular complexity index is 739. The molecule has 3 fully saturated rings. The van der Waals surface area contributed by atoms with Gasteiger partial charge in [-0.3, -0.25) is 4.79 Å². The zero-order chi connectivity index (χ0) is 19.2. The Labute approximate surface area is 174 Å². The normalized spacial score (nSPS) is 42.9. The Morgan fingerprint density at radius 1 is 1.29 bits per heavy atom. The average Bonchev–Trinajstić information content (AvgIpc) is 3.01. The molecule has 4 aliphatic carbocycles. The van der Waals surface area contributed by atoms with Gasteiger partial charge in [-0.15, -0.1) is 18.8 Å². The van der Waals surface area contributed by atoms with Gasteiger partial charge >= 0.3 is 5.97 Å². The van der Waals surface area contributed by atoms with Crippen LogP contribution < -0.4 is 0 Å². The van der Waals surface area contributed by atoms with Crippen LogP contribution in [0.4, 0.5) is 0 Å². The van der Waals surface area contributed by atoms with E-state index in [-0.39, 0.29) is 23.8 Å². The molecule has 4 nitrogen and oxygen atoms in total. The molecule has 0 radical (unpaired) electrons. The molecular weight excluding hydrogens is 374 g/mol. The molecule has 1 N–H and O–H groups in total. The zero-order valence-electron chi connectivity index (χ0n) is 16.9. The maximum absolute atomic E-state index is 11.9.